The Morgan fingerprint density at radius 2 is 1.80 bits per heavy atom. The molecule has 2 unspecified atom stereocenters. The number of hydrogen-bond donors (Lipinski definition) is 0. The van der Waals surface area contributed by atoms with Crippen molar-refractivity contribution in [3.8, 4) is 0 Å². The van der Waals surface area contributed by atoms with E-state index in [1.54, 1.807) is 0 Å². The fraction of sp³-hybridized carbons (Fsp3) is 1.00. The highest BCUT2D eigenvalue weighted by molar-refractivity contribution is 8.04. The summed E-state index contributed by atoms with van der Waals surface area (Å²) in [4.78, 5) is 0. The van der Waals surface area contributed by atoms with Crippen LogP contribution in [0.2, 0.25) is 0 Å². The van der Waals surface area contributed by atoms with Gasteiger partial charge in [-0.25, -0.2) is 0 Å². The first-order valence-electron chi connectivity index (χ1n) is 3.95. The normalized spacial score (nSPS) is 40.5. The predicted molar refractivity (Wildman–Crippen MR) is 53.4 cm³/mol. The van der Waals surface area contributed by atoms with Gasteiger partial charge in [0.05, 0.1) is 0 Å². The molecule has 1 heterocycles. The van der Waals surface area contributed by atoms with Crippen LogP contribution in [-0.4, -0.2) is 24.1 Å². The van der Waals surface area contributed by atoms with Gasteiger partial charge in [0, 0.05) is 5.49 Å². The molecule has 60 valence electrons. The topological polar surface area (TPSA) is 0 Å². The van der Waals surface area contributed by atoms with Crippen LogP contribution in [0.15, 0.2) is 0 Å². The zero-order valence-corrected chi connectivity index (χ0v) is 8.84. The van der Waals surface area contributed by atoms with Gasteiger partial charge in [-0.15, -0.1) is 0 Å². The maximum Gasteiger partial charge on any atom is 0.0133 e. The van der Waals surface area contributed by atoms with E-state index in [2.05, 4.69) is 20.1 Å². The number of rotatable bonds is 2. The van der Waals surface area contributed by atoms with Crippen LogP contribution in [0.3, 0.4) is 0 Å². The minimum atomic E-state index is 0.439. The minimum Gasteiger partial charge on any atom is -0.161 e. The molecule has 1 fully saturated rings. The van der Waals surface area contributed by atoms with Crippen LogP contribution in [0.25, 0.3) is 0 Å². The molecule has 10 heavy (non-hydrogen) atoms. The molecule has 0 radical (unpaired) electrons. The Kier molecular flexibility index (Phi) is 3.52. The van der Waals surface area contributed by atoms with Gasteiger partial charge in [0.25, 0.3) is 0 Å². The van der Waals surface area contributed by atoms with E-state index in [4.69, 9.17) is 0 Å². The lowest BCUT2D eigenvalue weighted by Gasteiger charge is -2.06. The molecule has 0 aliphatic carbocycles. The molecule has 1 aliphatic rings. The second-order valence-corrected chi connectivity index (χ2v) is 7.09. The molecule has 0 aromatic heterocycles. The summed E-state index contributed by atoms with van der Waals surface area (Å²) in [5.41, 5.74) is 1.45. The molecule has 0 amide bonds. The van der Waals surface area contributed by atoms with Crippen LogP contribution in [0.4, 0.5) is 0 Å². The van der Waals surface area contributed by atoms with E-state index in [-0.39, 0.29) is 0 Å². The molecule has 0 spiro atoms. The molecule has 1 rings (SSSR count). The summed E-state index contributed by atoms with van der Waals surface area (Å²) in [5.74, 6) is 2.02. The Bertz CT molecular complexity index is 95.4. The van der Waals surface area contributed by atoms with Crippen molar-refractivity contribution < 1.29 is 0 Å². The maximum atomic E-state index is 2.41. The highest BCUT2D eigenvalue weighted by Gasteiger charge is 2.26. The second-order valence-electron chi connectivity index (χ2n) is 3.41. The van der Waals surface area contributed by atoms with Crippen LogP contribution in [0.5, 0.6) is 0 Å². The molecule has 0 bridgehead atoms. The number of thioether (sulfide) groups is 1. The predicted octanol–water partition coefficient (Wildman–Crippen LogP) is 3.07. The first-order chi connectivity index (χ1) is 4.74. The van der Waals surface area contributed by atoms with Gasteiger partial charge < -0.3 is 0 Å². The molecule has 0 N–H and O–H groups in total. The molecule has 2 atom stereocenters. The Hall–Kier alpha value is 0.780. The van der Waals surface area contributed by atoms with Crippen molar-refractivity contribution in [2.24, 2.45) is 11.8 Å². The molecular formula is C8H17PS. The Morgan fingerprint density at radius 1 is 1.30 bits per heavy atom. The van der Waals surface area contributed by atoms with Gasteiger partial charge in [0.2, 0.25) is 0 Å². The molecule has 0 aromatic carbocycles. The van der Waals surface area contributed by atoms with Crippen LogP contribution in [-0.2, 0) is 0 Å². The van der Waals surface area contributed by atoms with E-state index >= 15 is 0 Å². The van der Waals surface area contributed by atoms with Crippen molar-refractivity contribution in [2.45, 2.75) is 13.8 Å². The smallest absolute Gasteiger partial charge is 0.0133 e. The highest BCUT2D eigenvalue weighted by Crippen LogP contribution is 2.50. The van der Waals surface area contributed by atoms with Crippen molar-refractivity contribution in [1.29, 1.82) is 0 Å². The summed E-state index contributed by atoms with van der Waals surface area (Å²) in [5, 5.41) is 0. The van der Waals surface area contributed by atoms with Gasteiger partial charge in [-0.05, 0) is 30.4 Å². The summed E-state index contributed by atoms with van der Waals surface area (Å²) in [6.45, 7) is 4.82. The standard InChI is InChI=1S/C8H17PS/c1-7-4-9(6-10-3)5-8(7)2/h7-8H,4-6H2,1-3H3. The maximum absolute atomic E-state index is 2.41. The third-order valence-corrected chi connectivity index (χ3v) is 7.05. The van der Waals surface area contributed by atoms with Gasteiger partial charge in [0.15, 0.2) is 0 Å². The quantitative estimate of drug-likeness (QED) is 0.583. The van der Waals surface area contributed by atoms with Crippen molar-refractivity contribution >= 4 is 19.7 Å². The van der Waals surface area contributed by atoms with Crippen LogP contribution >= 0.6 is 19.7 Å². The fourth-order valence-electron chi connectivity index (χ4n) is 1.54. The largest absolute Gasteiger partial charge is 0.161 e. The number of hydrogen-bond acceptors (Lipinski definition) is 1. The summed E-state index contributed by atoms with van der Waals surface area (Å²) in [7, 11) is 0.439. The Labute approximate surface area is 69.9 Å². The lowest BCUT2D eigenvalue weighted by molar-refractivity contribution is 0.494. The van der Waals surface area contributed by atoms with Gasteiger partial charge in [0.1, 0.15) is 0 Å². The van der Waals surface area contributed by atoms with Gasteiger partial charge >= 0.3 is 0 Å². The first kappa shape index (κ1) is 8.87. The fourth-order valence-corrected chi connectivity index (χ4v) is 6.34. The molecular weight excluding hydrogens is 159 g/mol. The summed E-state index contributed by atoms with van der Waals surface area (Å²) < 4.78 is 0. The highest BCUT2D eigenvalue weighted by atomic mass is 32.2. The van der Waals surface area contributed by atoms with Crippen LogP contribution < -0.4 is 0 Å². The zero-order chi connectivity index (χ0) is 7.56. The molecule has 2 heteroatoms. The van der Waals surface area contributed by atoms with E-state index in [0.717, 1.165) is 11.8 Å². The van der Waals surface area contributed by atoms with Crippen molar-refractivity contribution in [2.75, 3.05) is 24.1 Å². The Balaban J connectivity index is 2.27. The van der Waals surface area contributed by atoms with Gasteiger partial charge in [-0.1, -0.05) is 21.8 Å². The molecule has 0 aromatic rings. The summed E-state index contributed by atoms with van der Waals surface area (Å²) in [6, 6.07) is 0. The third-order valence-electron chi connectivity index (χ3n) is 2.38. The molecule has 1 aliphatic heterocycles. The zero-order valence-electron chi connectivity index (χ0n) is 7.13. The average molecular weight is 176 g/mol. The SMILES string of the molecule is CSCP1CC(C)C(C)C1. The first-order valence-corrected chi connectivity index (χ1v) is 7.24. The van der Waals surface area contributed by atoms with E-state index in [1.165, 1.54) is 17.8 Å². The summed E-state index contributed by atoms with van der Waals surface area (Å²) in [6.07, 6.45) is 5.31. The second kappa shape index (κ2) is 3.97. The van der Waals surface area contributed by atoms with E-state index in [1.807, 2.05) is 11.8 Å². The van der Waals surface area contributed by atoms with Gasteiger partial charge in [-0.2, -0.15) is 11.8 Å². The minimum absolute atomic E-state index is 0.439. The van der Waals surface area contributed by atoms with E-state index in [0.29, 0.717) is 7.92 Å². The van der Waals surface area contributed by atoms with Crippen LogP contribution in [0, 0.1) is 11.8 Å². The molecule has 0 saturated carbocycles. The Morgan fingerprint density at radius 3 is 2.20 bits per heavy atom. The lowest BCUT2D eigenvalue weighted by Crippen LogP contribution is -2.01. The summed E-state index contributed by atoms with van der Waals surface area (Å²) >= 11 is 2.03. The van der Waals surface area contributed by atoms with Crippen molar-refractivity contribution in [1.82, 2.24) is 0 Å². The molecule has 0 nitrogen and oxygen atoms in total. The average Bonchev–Trinajstić information content (AvgIpc) is 2.14. The van der Waals surface area contributed by atoms with Crippen molar-refractivity contribution in [3.63, 3.8) is 0 Å². The third kappa shape index (κ3) is 2.13. The van der Waals surface area contributed by atoms with Crippen LogP contribution in [0.1, 0.15) is 13.8 Å². The van der Waals surface area contributed by atoms with Crippen molar-refractivity contribution in [3.05, 3.63) is 0 Å². The monoisotopic (exact) mass is 176 g/mol. The van der Waals surface area contributed by atoms with E-state index in [9.17, 15) is 0 Å². The lowest BCUT2D eigenvalue weighted by atomic mass is 10.0. The van der Waals surface area contributed by atoms with Gasteiger partial charge in [-0.3, -0.25) is 0 Å². The molecule has 1 saturated heterocycles. The van der Waals surface area contributed by atoms with E-state index < -0.39 is 0 Å².